The van der Waals surface area contributed by atoms with Crippen LogP contribution in [0.15, 0.2) is 47.6 Å². The molecule has 0 bridgehead atoms. The summed E-state index contributed by atoms with van der Waals surface area (Å²) in [7, 11) is 0. The number of nitro benzene ring substituents is 1. The van der Waals surface area contributed by atoms with Crippen LogP contribution in [0.25, 0.3) is 0 Å². The Morgan fingerprint density at radius 2 is 2.09 bits per heavy atom. The first kappa shape index (κ1) is 16.7. The number of thiocarbonyl (C=S) groups is 1. The average molecular weight is 351 g/mol. The Balaban J connectivity index is 2.02. The molecule has 0 aliphatic carbocycles. The third-order valence-electron chi connectivity index (χ3n) is 2.71. The molecule has 0 saturated carbocycles. The number of phenols is 1. The van der Waals surface area contributed by atoms with Gasteiger partial charge in [-0.3, -0.25) is 15.5 Å². The van der Waals surface area contributed by atoms with Crippen molar-refractivity contribution < 1.29 is 10.0 Å². The topological polar surface area (TPSA) is 99.8 Å². The largest absolute Gasteiger partial charge is 0.507 e. The summed E-state index contributed by atoms with van der Waals surface area (Å²) in [6.45, 7) is 0. The monoisotopic (exact) mass is 350 g/mol. The molecule has 118 valence electrons. The molecule has 7 nitrogen and oxygen atoms in total. The normalized spacial score (nSPS) is 10.5. The van der Waals surface area contributed by atoms with Gasteiger partial charge in [-0.1, -0.05) is 23.7 Å². The van der Waals surface area contributed by atoms with E-state index in [4.69, 9.17) is 23.8 Å². The van der Waals surface area contributed by atoms with Gasteiger partial charge in [-0.05, 0) is 36.5 Å². The van der Waals surface area contributed by atoms with E-state index in [-0.39, 0.29) is 22.2 Å². The van der Waals surface area contributed by atoms with Gasteiger partial charge in [0.05, 0.1) is 11.1 Å². The molecule has 0 spiro atoms. The van der Waals surface area contributed by atoms with Gasteiger partial charge >= 0.3 is 0 Å². The fraction of sp³-hybridized carbons (Fsp3) is 0. The van der Waals surface area contributed by atoms with E-state index >= 15 is 0 Å². The van der Waals surface area contributed by atoms with E-state index in [1.807, 2.05) is 0 Å². The van der Waals surface area contributed by atoms with Gasteiger partial charge in [0, 0.05) is 16.7 Å². The molecule has 0 aromatic heterocycles. The first-order valence-corrected chi connectivity index (χ1v) is 7.08. The summed E-state index contributed by atoms with van der Waals surface area (Å²) in [5.41, 5.74) is 3.05. The van der Waals surface area contributed by atoms with Gasteiger partial charge in [-0.25, -0.2) is 0 Å². The lowest BCUT2D eigenvalue weighted by Gasteiger charge is -2.07. The number of nitro groups is 1. The number of hydrogen-bond donors (Lipinski definition) is 3. The summed E-state index contributed by atoms with van der Waals surface area (Å²) in [6, 6.07) is 10.6. The number of rotatable bonds is 4. The zero-order valence-electron chi connectivity index (χ0n) is 11.6. The summed E-state index contributed by atoms with van der Waals surface area (Å²) in [6.07, 6.45) is 1.33. The lowest BCUT2D eigenvalue weighted by Crippen LogP contribution is -2.24. The summed E-state index contributed by atoms with van der Waals surface area (Å²) in [4.78, 5) is 10.4. The second-order valence-electron chi connectivity index (χ2n) is 4.30. The molecule has 0 radical (unpaired) electrons. The average Bonchev–Trinajstić information content (AvgIpc) is 2.51. The van der Waals surface area contributed by atoms with Crippen LogP contribution in [0.3, 0.4) is 0 Å². The molecule has 2 aromatic carbocycles. The highest BCUT2D eigenvalue weighted by molar-refractivity contribution is 7.80. The standard InChI is InChI=1S/C14H11ClN4O3S/c15-10-5-6-13(20)9(7-10)8-16-18-14(23)17-11-3-1-2-4-12(11)19(21)22/h1-8,20H,(H2,17,18,23)/b16-8+. The Kier molecular flexibility index (Phi) is 5.45. The Morgan fingerprint density at radius 3 is 2.83 bits per heavy atom. The van der Waals surface area contributed by atoms with Crippen LogP contribution in [0.5, 0.6) is 5.75 Å². The van der Waals surface area contributed by atoms with Crippen molar-refractivity contribution in [3.63, 3.8) is 0 Å². The Bertz CT molecular complexity index is 782. The number of halogens is 1. The Labute approximate surface area is 141 Å². The quantitative estimate of drug-likeness (QED) is 0.338. The number of para-hydroxylation sites is 2. The molecule has 23 heavy (non-hydrogen) atoms. The number of nitrogens with one attached hydrogen (secondary N) is 2. The summed E-state index contributed by atoms with van der Waals surface area (Å²) in [5, 5.41) is 27.6. The second-order valence-corrected chi connectivity index (χ2v) is 5.15. The fourth-order valence-corrected chi connectivity index (χ4v) is 2.02. The van der Waals surface area contributed by atoms with Gasteiger partial charge in [0.15, 0.2) is 5.11 Å². The highest BCUT2D eigenvalue weighted by Crippen LogP contribution is 2.23. The molecule has 0 saturated heterocycles. The van der Waals surface area contributed by atoms with Crippen LogP contribution >= 0.6 is 23.8 Å². The van der Waals surface area contributed by atoms with Crippen molar-refractivity contribution in [1.29, 1.82) is 0 Å². The fourth-order valence-electron chi connectivity index (χ4n) is 1.68. The molecule has 0 amide bonds. The molecule has 2 aromatic rings. The molecule has 0 heterocycles. The first-order chi connectivity index (χ1) is 11.0. The van der Waals surface area contributed by atoms with Crippen molar-refractivity contribution in [2.24, 2.45) is 5.10 Å². The lowest BCUT2D eigenvalue weighted by molar-refractivity contribution is -0.383. The maximum atomic E-state index is 10.9. The van der Waals surface area contributed by atoms with Gasteiger partial charge in [0.1, 0.15) is 11.4 Å². The maximum Gasteiger partial charge on any atom is 0.292 e. The van der Waals surface area contributed by atoms with Crippen molar-refractivity contribution in [3.05, 3.63) is 63.2 Å². The second kappa shape index (κ2) is 7.52. The number of phenolic OH excluding ortho intramolecular Hbond substituents is 1. The van der Waals surface area contributed by atoms with Gasteiger partial charge in [-0.15, -0.1) is 0 Å². The van der Waals surface area contributed by atoms with Crippen molar-refractivity contribution in [3.8, 4) is 5.75 Å². The minimum atomic E-state index is -0.516. The molecular formula is C14H11ClN4O3S. The van der Waals surface area contributed by atoms with Gasteiger partial charge < -0.3 is 10.4 Å². The SMILES string of the molecule is O=[N+]([O-])c1ccccc1NC(=S)N/N=C/c1cc(Cl)ccc1O. The third kappa shape index (κ3) is 4.63. The van der Waals surface area contributed by atoms with Crippen LogP contribution < -0.4 is 10.7 Å². The minimum Gasteiger partial charge on any atom is -0.507 e. The van der Waals surface area contributed by atoms with E-state index in [1.54, 1.807) is 18.2 Å². The zero-order valence-corrected chi connectivity index (χ0v) is 13.1. The number of nitrogens with zero attached hydrogens (tertiary/aromatic N) is 2. The maximum absolute atomic E-state index is 10.9. The molecule has 0 aliphatic rings. The summed E-state index contributed by atoms with van der Waals surface area (Å²) in [5.74, 6) is 0.0116. The molecule has 9 heteroatoms. The molecule has 0 aliphatic heterocycles. The van der Waals surface area contributed by atoms with Crippen molar-refractivity contribution in [2.45, 2.75) is 0 Å². The van der Waals surface area contributed by atoms with Crippen LogP contribution in [-0.2, 0) is 0 Å². The Hall–Kier alpha value is -2.71. The van der Waals surface area contributed by atoms with Crippen LogP contribution in [0.4, 0.5) is 11.4 Å². The molecule has 0 fully saturated rings. The predicted molar refractivity (Wildman–Crippen MR) is 93.2 cm³/mol. The number of hydrogen-bond acceptors (Lipinski definition) is 5. The summed E-state index contributed by atoms with van der Waals surface area (Å²) >= 11 is 10.8. The van der Waals surface area contributed by atoms with Gasteiger partial charge in [0.2, 0.25) is 0 Å². The molecular weight excluding hydrogens is 340 g/mol. The predicted octanol–water partition coefficient (Wildman–Crippen LogP) is 3.27. The van der Waals surface area contributed by atoms with Crippen molar-refractivity contribution in [2.75, 3.05) is 5.32 Å². The number of anilines is 1. The lowest BCUT2D eigenvalue weighted by atomic mass is 10.2. The van der Waals surface area contributed by atoms with Crippen LogP contribution in [-0.4, -0.2) is 21.4 Å². The van der Waals surface area contributed by atoms with Crippen LogP contribution in [0.1, 0.15) is 5.56 Å². The first-order valence-electron chi connectivity index (χ1n) is 6.29. The molecule has 2 rings (SSSR count). The number of benzene rings is 2. The van der Waals surface area contributed by atoms with E-state index in [9.17, 15) is 15.2 Å². The van der Waals surface area contributed by atoms with E-state index in [2.05, 4.69) is 15.8 Å². The highest BCUT2D eigenvalue weighted by Gasteiger charge is 2.12. The van der Waals surface area contributed by atoms with Crippen molar-refractivity contribution in [1.82, 2.24) is 5.43 Å². The van der Waals surface area contributed by atoms with Crippen LogP contribution in [0, 0.1) is 10.1 Å². The molecule has 0 unspecified atom stereocenters. The molecule has 3 N–H and O–H groups in total. The smallest absolute Gasteiger partial charge is 0.292 e. The minimum absolute atomic E-state index is 0.0116. The summed E-state index contributed by atoms with van der Waals surface area (Å²) < 4.78 is 0. The van der Waals surface area contributed by atoms with E-state index in [0.29, 0.717) is 10.6 Å². The Morgan fingerprint density at radius 1 is 1.35 bits per heavy atom. The number of hydrazone groups is 1. The highest BCUT2D eigenvalue weighted by atomic mass is 35.5. The van der Waals surface area contributed by atoms with E-state index in [0.717, 1.165) is 0 Å². The number of aromatic hydroxyl groups is 1. The van der Waals surface area contributed by atoms with E-state index < -0.39 is 4.92 Å². The van der Waals surface area contributed by atoms with Crippen LogP contribution in [0.2, 0.25) is 5.02 Å². The third-order valence-corrected chi connectivity index (χ3v) is 3.14. The van der Waals surface area contributed by atoms with Crippen molar-refractivity contribution >= 4 is 46.5 Å². The van der Waals surface area contributed by atoms with E-state index in [1.165, 1.54) is 30.5 Å². The van der Waals surface area contributed by atoms with Gasteiger partial charge in [-0.2, -0.15) is 5.10 Å². The van der Waals surface area contributed by atoms with Gasteiger partial charge in [0.25, 0.3) is 5.69 Å². The molecule has 0 atom stereocenters. The zero-order chi connectivity index (χ0) is 16.8.